The van der Waals surface area contributed by atoms with Crippen molar-refractivity contribution in [1.29, 1.82) is 0 Å². The van der Waals surface area contributed by atoms with E-state index in [1.54, 1.807) is 13.2 Å². The lowest BCUT2D eigenvalue weighted by Crippen LogP contribution is -2.05. The minimum Gasteiger partial charge on any atom is -0.489 e. The summed E-state index contributed by atoms with van der Waals surface area (Å²) in [5.74, 6) is 1.38. The van der Waals surface area contributed by atoms with E-state index in [1.807, 2.05) is 0 Å². The van der Waals surface area contributed by atoms with Gasteiger partial charge in [-0.15, -0.1) is 0 Å². The lowest BCUT2D eigenvalue weighted by Gasteiger charge is -2.07. The summed E-state index contributed by atoms with van der Waals surface area (Å²) in [7, 11) is 1.61. The van der Waals surface area contributed by atoms with E-state index in [0.717, 1.165) is 5.92 Å². The molecule has 0 aromatic rings. The number of rotatable bonds is 6. The van der Waals surface area contributed by atoms with E-state index < -0.39 is 0 Å². The Bertz CT molecular complexity index is 217. The van der Waals surface area contributed by atoms with Crippen LogP contribution < -0.4 is 5.73 Å². The highest BCUT2D eigenvalue weighted by atomic mass is 16.5. The van der Waals surface area contributed by atoms with Crippen LogP contribution in [0.3, 0.4) is 0 Å². The Balaban J connectivity index is 0. The van der Waals surface area contributed by atoms with Crippen LogP contribution in [0, 0.1) is 5.92 Å². The molecule has 0 aromatic heterocycles. The third-order valence-corrected chi connectivity index (χ3v) is 1.23. The SMILES string of the molecule is C=C/C(N)=C(\C=C)OCCOC.CC(C)C. The molecule has 3 nitrogen and oxygen atoms in total. The Kier molecular flexibility index (Phi) is 12.7. The molecule has 0 aromatic carbocycles. The van der Waals surface area contributed by atoms with Gasteiger partial charge in [0, 0.05) is 7.11 Å². The lowest BCUT2D eigenvalue weighted by molar-refractivity contribution is 0.113. The molecular weight excluding hydrogens is 202 g/mol. The zero-order chi connectivity index (χ0) is 13.0. The third-order valence-electron chi connectivity index (χ3n) is 1.23. The summed E-state index contributed by atoms with van der Waals surface area (Å²) < 4.78 is 10.0. The second-order valence-corrected chi connectivity index (χ2v) is 3.80. The maximum atomic E-state index is 5.53. The molecule has 0 aliphatic heterocycles. The molecule has 0 rings (SSSR count). The minimum absolute atomic E-state index is 0.465. The molecule has 0 amide bonds. The van der Waals surface area contributed by atoms with E-state index >= 15 is 0 Å². The fraction of sp³-hybridized carbons (Fsp3) is 0.538. The summed E-state index contributed by atoms with van der Waals surface area (Å²) in [5, 5.41) is 0. The van der Waals surface area contributed by atoms with Crippen molar-refractivity contribution < 1.29 is 9.47 Å². The first-order valence-electron chi connectivity index (χ1n) is 5.35. The van der Waals surface area contributed by atoms with Gasteiger partial charge < -0.3 is 15.2 Å². The first-order valence-corrected chi connectivity index (χ1v) is 5.35. The smallest absolute Gasteiger partial charge is 0.141 e. The predicted octanol–water partition coefficient (Wildman–Crippen LogP) is 2.85. The predicted molar refractivity (Wildman–Crippen MR) is 69.9 cm³/mol. The van der Waals surface area contributed by atoms with Crippen LogP contribution in [0.4, 0.5) is 0 Å². The van der Waals surface area contributed by atoms with Gasteiger partial charge in [0.15, 0.2) is 0 Å². The monoisotopic (exact) mass is 227 g/mol. The summed E-state index contributed by atoms with van der Waals surface area (Å²) in [6.45, 7) is 14.6. The van der Waals surface area contributed by atoms with Gasteiger partial charge in [-0.3, -0.25) is 0 Å². The largest absolute Gasteiger partial charge is 0.489 e. The van der Waals surface area contributed by atoms with Gasteiger partial charge in [-0.25, -0.2) is 0 Å². The quantitative estimate of drug-likeness (QED) is 0.431. The third kappa shape index (κ3) is 12.8. The first-order chi connectivity index (χ1) is 7.49. The van der Waals surface area contributed by atoms with Crippen LogP contribution in [0.5, 0.6) is 0 Å². The van der Waals surface area contributed by atoms with Crippen LogP contribution in [0.1, 0.15) is 20.8 Å². The standard InChI is InChI=1S/C9H15NO2.C4H10/c1-4-8(10)9(5-2)12-7-6-11-3;1-4(2)3/h4-5H,1-2,6-7,10H2,3H3;4H,1-3H3/b9-8-;. The average molecular weight is 227 g/mol. The maximum absolute atomic E-state index is 5.53. The number of ether oxygens (including phenoxy) is 2. The maximum Gasteiger partial charge on any atom is 0.141 e. The molecule has 0 spiro atoms. The second-order valence-electron chi connectivity index (χ2n) is 3.80. The summed E-state index contributed by atoms with van der Waals surface area (Å²) in [6.07, 6.45) is 3.07. The van der Waals surface area contributed by atoms with Gasteiger partial charge >= 0.3 is 0 Å². The Hall–Kier alpha value is -1.22. The van der Waals surface area contributed by atoms with Crippen LogP contribution in [-0.2, 0) is 9.47 Å². The van der Waals surface area contributed by atoms with E-state index in [2.05, 4.69) is 33.9 Å². The van der Waals surface area contributed by atoms with Gasteiger partial charge in [-0.2, -0.15) is 0 Å². The molecular formula is C13H25NO2. The van der Waals surface area contributed by atoms with Crippen LogP contribution in [0.2, 0.25) is 0 Å². The van der Waals surface area contributed by atoms with Crippen molar-refractivity contribution in [2.45, 2.75) is 20.8 Å². The van der Waals surface area contributed by atoms with Crippen molar-refractivity contribution in [3.63, 3.8) is 0 Å². The zero-order valence-electron chi connectivity index (χ0n) is 11.0. The van der Waals surface area contributed by atoms with Crippen molar-refractivity contribution in [3.05, 3.63) is 36.8 Å². The number of nitrogens with two attached hydrogens (primary N) is 1. The summed E-state index contributed by atoms with van der Waals surface area (Å²) >= 11 is 0. The molecule has 0 aliphatic rings. The molecule has 0 radical (unpaired) electrons. The van der Waals surface area contributed by atoms with Crippen molar-refractivity contribution in [1.82, 2.24) is 0 Å². The fourth-order valence-corrected chi connectivity index (χ4v) is 0.596. The molecule has 0 saturated heterocycles. The van der Waals surface area contributed by atoms with Crippen molar-refractivity contribution in [3.8, 4) is 0 Å². The number of allylic oxidation sites excluding steroid dienone is 2. The minimum atomic E-state index is 0.465. The lowest BCUT2D eigenvalue weighted by atomic mass is 10.3. The van der Waals surface area contributed by atoms with Gasteiger partial charge in [0.05, 0.1) is 12.3 Å². The first kappa shape index (κ1) is 17.2. The molecule has 0 heterocycles. The van der Waals surface area contributed by atoms with Crippen LogP contribution >= 0.6 is 0 Å². The highest BCUT2D eigenvalue weighted by molar-refractivity contribution is 5.23. The van der Waals surface area contributed by atoms with E-state index in [1.165, 1.54) is 6.08 Å². The second kappa shape index (κ2) is 11.9. The Morgan fingerprint density at radius 3 is 2.00 bits per heavy atom. The van der Waals surface area contributed by atoms with Crippen LogP contribution in [-0.4, -0.2) is 20.3 Å². The van der Waals surface area contributed by atoms with Crippen LogP contribution in [0.15, 0.2) is 36.8 Å². The van der Waals surface area contributed by atoms with Crippen molar-refractivity contribution in [2.75, 3.05) is 20.3 Å². The topological polar surface area (TPSA) is 44.5 Å². The zero-order valence-corrected chi connectivity index (χ0v) is 11.0. The molecule has 0 aliphatic carbocycles. The average Bonchev–Trinajstić information content (AvgIpc) is 2.23. The van der Waals surface area contributed by atoms with E-state index in [4.69, 9.17) is 15.2 Å². The van der Waals surface area contributed by atoms with Gasteiger partial charge in [0.1, 0.15) is 12.4 Å². The van der Waals surface area contributed by atoms with Gasteiger partial charge in [0.2, 0.25) is 0 Å². The Labute approximate surface area is 99.6 Å². The molecule has 2 N–H and O–H groups in total. The van der Waals surface area contributed by atoms with Gasteiger partial charge in [-0.1, -0.05) is 33.9 Å². The Morgan fingerprint density at radius 1 is 1.19 bits per heavy atom. The van der Waals surface area contributed by atoms with Gasteiger partial charge in [0.25, 0.3) is 0 Å². The number of hydrogen-bond acceptors (Lipinski definition) is 3. The highest BCUT2D eigenvalue weighted by Crippen LogP contribution is 2.02. The molecule has 0 unspecified atom stereocenters. The molecule has 0 fully saturated rings. The number of hydrogen-bond donors (Lipinski definition) is 1. The summed E-state index contributed by atoms with van der Waals surface area (Å²) in [6, 6.07) is 0. The van der Waals surface area contributed by atoms with E-state index in [0.29, 0.717) is 24.7 Å². The Morgan fingerprint density at radius 2 is 1.69 bits per heavy atom. The van der Waals surface area contributed by atoms with E-state index in [-0.39, 0.29) is 0 Å². The van der Waals surface area contributed by atoms with Crippen LogP contribution in [0.25, 0.3) is 0 Å². The van der Waals surface area contributed by atoms with Crippen molar-refractivity contribution in [2.24, 2.45) is 11.7 Å². The number of methoxy groups -OCH3 is 1. The fourth-order valence-electron chi connectivity index (χ4n) is 0.596. The molecule has 16 heavy (non-hydrogen) atoms. The highest BCUT2D eigenvalue weighted by Gasteiger charge is 1.96. The van der Waals surface area contributed by atoms with Gasteiger partial charge in [-0.05, 0) is 18.1 Å². The van der Waals surface area contributed by atoms with E-state index in [9.17, 15) is 0 Å². The molecule has 0 bridgehead atoms. The normalized spacial score (nSPS) is 11.1. The molecule has 0 atom stereocenters. The summed E-state index contributed by atoms with van der Waals surface area (Å²) in [4.78, 5) is 0. The van der Waals surface area contributed by atoms with Crippen molar-refractivity contribution >= 4 is 0 Å². The summed E-state index contributed by atoms with van der Waals surface area (Å²) in [5.41, 5.74) is 6.02. The molecule has 3 heteroatoms. The molecule has 0 saturated carbocycles. The molecule has 94 valence electrons.